The molecule has 3 nitrogen and oxygen atoms in total. The van der Waals surface area contributed by atoms with Crippen LogP contribution in [0.2, 0.25) is 0 Å². The van der Waals surface area contributed by atoms with E-state index in [-0.39, 0.29) is 5.97 Å². The average Bonchev–Trinajstić information content (AvgIpc) is 2.45. The van der Waals surface area contributed by atoms with E-state index in [2.05, 4.69) is 0 Å². The molecule has 1 aromatic carbocycles. The summed E-state index contributed by atoms with van der Waals surface area (Å²) in [4.78, 5) is 11.8. The van der Waals surface area contributed by atoms with Crippen molar-refractivity contribution in [2.45, 2.75) is 6.42 Å². The maximum absolute atomic E-state index is 11.8. The van der Waals surface area contributed by atoms with E-state index in [1.807, 2.05) is 24.3 Å². The van der Waals surface area contributed by atoms with Gasteiger partial charge in [0, 0.05) is 12.0 Å². The first-order valence-corrected chi connectivity index (χ1v) is 5.18. The molecule has 80 valence electrons. The zero-order valence-corrected chi connectivity index (χ0v) is 8.60. The van der Waals surface area contributed by atoms with E-state index in [1.165, 1.54) is 6.26 Å². The minimum atomic E-state index is -0.337. The number of esters is 1. The number of para-hydroxylation sites is 1. The molecule has 0 saturated heterocycles. The summed E-state index contributed by atoms with van der Waals surface area (Å²) in [6.45, 7) is 0.616. The molecule has 0 aromatic heterocycles. The first kappa shape index (κ1) is 9.21. The highest BCUT2D eigenvalue weighted by atomic mass is 16.5. The molecule has 0 unspecified atom stereocenters. The number of fused-ring (bicyclic) bond motifs is 2. The minimum absolute atomic E-state index is 0.337. The normalized spacial score (nSPS) is 18.1. The van der Waals surface area contributed by atoms with Gasteiger partial charge in [-0.05, 0) is 17.7 Å². The van der Waals surface area contributed by atoms with Gasteiger partial charge in [0.05, 0.1) is 18.4 Å². The van der Waals surface area contributed by atoms with E-state index >= 15 is 0 Å². The van der Waals surface area contributed by atoms with Crippen LogP contribution in [0.15, 0.2) is 41.7 Å². The molecule has 0 amide bonds. The van der Waals surface area contributed by atoms with Crippen molar-refractivity contribution in [3.63, 3.8) is 0 Å². The maximum atomic E-state index is 11.8. The molecule has 2 aliphatic heterocycles. The van der Waals surface area contributed by atoms with Gasteiger partial charge in [0.25, 0.3) is 0 Å². The quantitative estimate of drug-likeness (QED) is 0.491. The smallest absolute Gasteiger partial charge is 0.346 e. The van der Waals surface area contributed by atoms with Crippen molar-refractivity contribution >= 4 is 12.0 Å². The van der Waals surface area contributed by atoms with Gasteiger partial charge in [-0.1, -0.05) is 18.2 Å². The Labute approximate surface area is 93.0 Å². The number of carbonyl (C=O) groups is 1. The van der Waals surface area contributed by atoms with Crippen LogP contribution in [-0.2, 0) is 9.53 Å². The standard InChI is InChI=1S/C13H10O3/c14-13-11-8-15-6-5-9(11)7-10-3-1-2-4-12(10)16-13/h1-4,7-8H,5-6H2. The monoisotopic (exact) mass is 214 g/mol. The Morgan fingerprint density at radius 3 is 3.00 bits per heavy atom. The molecule has 0 spiro atoms. The van der Waals surface area contributed by atoms with Crippen molar-refractivity contribution in [1.29, 1.82) is 0 Å². The van der Waals surface area contributed by atoms with Crippen LogP contribution in [0.5, 0.6) is 5.75 Å². The van der Waals surface area contributed by atoms with Crippen LogP contribution in [0.4, 0.5) is 0 Å². The molecular formula is C13H10O3. The molecule has 0 fully saturated rings. The van der Waals surface area contributed by atoms with E-state index in [4.69, 9.17) is 9.47 Å². The number of hydrogen-bond donors (Lipinski definition) is 0. The van der Waals surface area contributed by atoms with Crippen molar-refractivity contribution in [3.05, 3.63) is 47.2 Å². The molecule has 0 radical (unpaired) electrons. The van der Waals surface area contributed by atoms with E-state index in [0.29, 0.717) is 17.9 Å². The molecule has 0 atom stereocenters. The lowest BCUT2D eigenvalue weighted by Gasteiger charge is -2.13. The van der Waals surface area contributed by atoms with Gasteiger partial charge >= 0.3 is 5.97 Å². The van der Waals surface area contributed by atoms with Gasteiger partial charge in [0.15, 0.2) is 0 Å². The molecular weight excluding hydrogens is 204 g/mol. The number of rotatable bonds is 0. The van der Waals surface area contributed by atoms with Crippen LogP contribution in [0.3, 0.4) is 0 Å². The molecule has 0 N–H and O–H groups in total. The van der Waals surface area contributed by atoms with E-state index < -0.39 is 0 Å². The highest BCUT2D eigenvalue weighted by Gasteiger charge is 2.24. The molecule has 16 heavy (non-hydrogen) atoms. The topological polar surface area (TPSA) is 35.5 Å². The van der Waals surface area contributed by atoms with Crippen LogP contribution in [-0.4, -0.2) is 12.6 Å². The number of ether oxygens (including phenoxy) is 2. The summed E-state index contributed by atoms with van der Waals surface area (Å²) in [6.07, 6.45) is 4.23. The van der Waals surface area contributed by atoms with Gasteiger partial charge < -0.3 is 9.47 Å². The molecule has 1 aromatic rings. The Bertz CT molecular complexity index is 512. The van der Waals surface area contributed by atoms with Crippen molar-refractivity contribution < 1.29 is 14.3 Å². The zero-order chi connectivity index (χ0) is 11.0. The predicted molar refractivity (Wildman–Crippen MR) is 58.7 cm³/mol. The zero-order valence-electron chi connectivity index (χ0n) is 8.60. The third-order valence-corrected chi connectivity index (χ3v) is 2.71. The van der Waals surface area contributed by atoms with Crippen LogP contribution in [0, 0.1) is 0 Å². The fourth-order valence-corrected chi connectivity index (χ4v) is 1.89. The number of hydrogen-bond acceptors (Lipinski definition) is 3. The van der Waals surface area contributed by atoms with Crippen LogP contribution >= 0.6 is 0 Å². The van der Waals surface area contributed by atoms with Gasteiger partial charge in [-0.3, -0.25) is 0 Å². The predicted octanol–water partition coefficient (Wildman–Crippen LogP) is 2.29. The molecule has 0 bridgehead atoms. The number of benzene rings is 1. The van der Waals surface area contributed by atoms with E-state index in [1.54, 1.807) is 6.07 Å². The van der Waals surface area contributed by atoms with Gasteiger partial charge in [0.1, 0.15) is 5.75 Å². The van der Waals surface area contributed by atoms with E-state index in [9.17, 15) is 4.79 Å². The fraction of sp³-hybridized carbons (Fsp3) is 0.154. The molecule has 0 saturated carbocycles. The van der Waals surface area contributed by atoms with Gasteiger partial charge in [0.2, 0.25) is 0 Å². The van der Waals surface area contributed by atoms with Crippen molar-refractivity contribution in [3.8, 4) is 5.75 Å². The van der Waals surface area contributed by atoms with Gasteiger partial charge in [-0.15, -0.1) is 0 Å². The summed E-state index contributed by atoms with van der Waals surface area (Å²) in [5.74, 6) is 0.270. The molecule has 3 heteroatoms. The van der Waals surface area contributed by atoms with Crippen molar-refractivity contribution in [2.24, 2.45) is 0 Å². The van der Waals surface area contributed by atoms with Crippen LogP contribution < -0.4 is 4.74 Å². The highest BCUT2D eigenvalue weighted by molar-refractivity contribution is 5.98. The lowest BCUT2D eigenvalue weighted by atomic mass is 10.0. The molecule has 3 rings (SSSR count). The average molecular weight is 214 g/mol. The number of carbonyl (C=O) groups excluding carboxylic acids is 1. The second kappa shape index (κ2) is 3.52. The van der Waals surface area contributed by atoms with E-state index in [0.717, 1.165) is 17.6 Å². The third-order valence-electron chi connectivity index (χ3n) is 2.71. The first-order chi connectivity index (χ1) is 7.84. The Kier molecular flexibility index (Phi) is 2.03. The molecule has 2 aliphatic rings. The lowest BCUT2D eigenvalue weighted by molar-refractivity contribution is -0.130. The molecule has 2 heterocycles. The largest absolute Gasteiger partial charge is 0.500 e. The fourth-order valence-electron chi connectivity index (χ4n) is 1.89. The summed E-state index contributed by atoms with van der Waals surface area (Å²) >= 11 is 0. The summed E-state index contributed by atoms with van der Waals surface area (Å²) in [7, 11) is 0. The van der Waals surface area contributed by atoms with Crippen molar-refractivity contribution in [2.75, 3.05) is 6.61 Å². The first-order valence-electron chi connectivity index (χ1n) is 5.18. The van der Waals surface area contributed by atoms with Crippen LogP contribution in [0.25, 0.3) is 6.08 Å². The SMILES string of the molecule is O=C1Oc2ccccc2C=C2CCOC=C12. The second-order valence-electron chi connectivity index (χ2n) is 3.75. The minimum Gasteiger partial charge on any atom is -0.500 e. The summed E-state index contributed by atoms with van der Waals surface area (Å²) in [6, 6.07) is 7.51. The Morgan fingerprint density at radius 1 is 1.19 bits per heavy atom. The highest BCUT2D eigenvalue weighted by Crippen LogP contribution is 2.31. The van der Waals surface area contributed by atoms with Gasteiger partial charge in [-0.25, -0.2) is 4.79 Å². The Hall–Kier alpha value is -2.03. The maximum Gasteiger partial charge on any atom is 0.346 e. The second-order valence-corrected chi connectivity index (χ2v) is 3.75. The Balaban J connectivity index is 2.17. The summed E-state index contributed by atoms with van der Waals surface area (Å²) < 4.78 is 10.4. The lowest BCUT2D eigenvalue weighted by Crippen LogP contribution is -2.15. The third kappa shape index (κ3) is 1.41. The Morgan fingerprint density at radius 2 is 2.06 bits per heavy atom. The summed E-state index contributed by atoms with van der Waals surface area (Å²) in [5, 5.41) is 0. The van der Waals surface area contributed by atoms with Crippen molar-refractivity contribution in [1.82, 2.24) is 0 Å². The molecule has 0 aliphatic carbocycles. The summed E-state index contributed by atoms with van der Waals surface area (Å²) in [5.41, 5.74) is 2.46. The van der Waals surface area contributed by atoms with Gasteiger partial charge in [-0.2, -0.15) is 0 Å². The van der Waals surface area contributed by atoms with Crippen LogP contribution in [0.1, 0.15) is 12.0 Å².